The molecule has 0 saturated carbocycles. The molecule has 1 heterocycles. The molecule has 0 atom stereocenters. The number of hydrogen-bond acceptors (Lipinski definition) is 3. The number of anilines is 1. The fourth-order valence-corrected chi connectivity index (χ4v) is 1.57. The van der Waals surface area contributed by atoms with Crippen molar-refractivity contribution in [1.29, 1.82) is 0 Å². The fourth-order valence-electron chi connectivity index (χ4n) is 1.57. The summed E-state index contributed by atoms with van der Waals surface area (Å²) in [6, 6.07) is 6.91. The Hall–Kier alpha value is -2.58. The Bertz CT molecular complexity index is 650. The van der Waals surface area contributed by atoms with Crippen molar-refractivity contribution in [2.45, 2.75) is 0 Å². The molecule has 0 aliphatic heterocycles. The Labute approximate surface area is 110 Å². The molecule has 1 aromatic heterocycles. The monoisotopic (exact) mass is 255 g/mol. The Morgan fingerprint density at radius 1 is 1.53 bits per heavy atom. The van der Waals surface area contributed by atoms with Crippen LogP contribution in [0.15, 0.2) is 36.7 Å². The van der Waals surface area contributed by atoms with Crippen LogP contribution < -0.4 is 5.32 Å². The van der Waals surface area contributed by atoms with Crippen LogP contribution in [-0.2, 0) is 7.05 Å². The predicted octanol–water partition coefficient (Wildman–Crippen LogP) is 1.02. The summed E-state index contributed by atoms with van der Waals surface area (Å²) in [7, 11) is 1.78. The van der Waals surface area contributed by atoms with Gasteiger partial charge in [0, 0.05) is 24.4 Å². The standard InChI is InChI=1S/C14H13N3O2/c1-17-10-13(9-15-17)16-14(19)12-6-2-4-11(8-12)5-3-7-18/h2,4,6,8-10,18H,7H2,1H3,(H,16,19). The maximum atomic E-state index is 12.0. The highest BCUT2D eigenvalue weighted by molar-refractivity contribution is 6.04. The molecule has 0 aliphatic carbocycles. The number of hydrogen-bond donors (Lipinski definition) is 2. The number of nitrogens with zero attached hydrogens (tertiary/aromatic N) is 2. The van der Waals surface area contributed by atoms with E-state index in [2.05, 4.69) is 22.3 Å². The normalized spacial score (nSPS) is 9.58. The molecule has 1 amide bonds. The van der Waals surface area contributed by atoms with Crippen LogP contribution in [0.5, 0.6) is 0 Å². The zero-order valence-electron chi connectivity index (χ0n) is 10.4. The molecule has 0 spiro atoms. The third kappa shape index (κ3) is 3.44. The van der Waals surface area contributed by atoms with Crippen molar-refractivity contribution < 1.29 is 9.90 Å². The van der Waals surface area contributed by atoms with Gasteiger partial charge in [-0.05, 0) is 18.2 Å². The number of rotatable bonds is 2. The number of carbonyl (C=O) groups excluding carboxylic acids is 1. The topological polar surface area (TPSA) is 67.2 Å². The first-order valence-electron chi connectivity index (χ1n) is 5.69. The lowest BCUT2D eigenvalue weighted by atomic mass is 10.1. The van der Waals surface area contributed by atoms with Crippen LogP contribution in [0.25, 0.3) is 0 Å². The first kappa shape index (κ1) is 12.9. The second-order valence-electron chi connectivity index (χ2n) is 3.90. The molecule has 2 aromatic rings. The summed E-state index contributed by atoms with van der Waals surface area (Å²) in [5, 5.41) is 15.4. The highest BCUT2D eigenvalue weighted by atomic mass is 16.2. The number of amides is 1. The van der Waals surface area contributed by atoms with Gasteiger partial charge in [0.2, 0.25) is 0 Å². The summed E-state index contributed by atoms with van der Waals surface area (Å²) in [5.74, 6) is 5.08. The van der Waals surface area contributed by atoms with E-state index < -0.39 is 0 Å². The van der Waals surface area contributed by atoms with Crippen LogP contribution in [0, 0.1) is 11.8 Å². The van der Waals surface area contributed by atoms with E-state index in [1.807, 2.05) is 0 Å². The minimum absolute atomic E-state index is 0.202. The van der Waals surface area contributed by atoms with Crippen molar-refractivity contribution in [3.05, 3.63) is 47.8 Å². The summed E-state index contributed by atoms with van der Waals surface area (Å²) < 4.78 is 1.61. The van der Waals surface area contributed by atoms with Crippen molar-refractivity contribution in [2.24, 2.45) is 7.05 Å². The fraction of sp³-hybridized carbons (Fsp3) is 0.143. The summed E-state index contributed by atoms with van der Waals surface area (Å²) in [6.07, 6.45) is 3.29. The molecule has 5 nitrogen and oxygen atoms in total. The molecule has 0 unspecified atom stereocenters. The van der Waals surface area contributed by atoms with Gasteiger partial charge in [0.1, 0.15) is 6.61 Å². The van der Waals surface area contributed by atoms with Crippen LogP contribution in [0.2, 0.25) is 0 Å². The number of aliphatic hydroxyl groups excluding tert-OH is 1. The highest BCUT2D eigenvalue weighted by Gasteiger charge is 2.07. The molecule has 0 radical (unpaired) electrons. The largest absolute Gasteiger partial charge is 0.384 e. The van der Waals surface area contributed by atoms with E-state index >= 15 is 0 Å². The minimum Gasteiger partial charge on any atom is -0.384 e. The molecule has 2 rings (SSSR count). The first-order valence-corrected chi connectivity index (χ1v) is 5.69. The van der Waals surface area contributed by atoms with Gasteiger partial charge in [0.25, 0.3) is 5.91 Å². The van der Waals surface area contributed by atoms with E-state index in [0.29, 0.717) is 16.8 Å². The maximum absolute atomic E-state index is 12.0. The second kappa shape index (κ2) is 5.85. The number of aliphatic hydroxyl groups is 1. The van der Waals surface area contributed by atoms with E-state index in [9.17, 15) is 4.79 Å². The third-order valence-electron chi connectivity index (χ3n) is 2.40. The average Bonchev–Trinajstić information content (AvgIpc) is 2.82. The maximum Gasteiger partial charge on any atom is 0.255 e. The molecule has 5 heteroatoms. The predicted molar refractivity (Wildman–Crippen MR) is 71.6 cm³/mol. The lowest BCUT2D eigenvalue weighted by Crippen LogP contribution is -2.11. The number of benzene rings is 1. The Kier molecular flexibility index (Phi) is 3.96. The highest BCUT2D eigenvalue weighted by Crippen LogP contribution is 2.09. The second-order valence-corrected chi connectivity index (χ2v) is 3.90. The summed E-state index contributed by atoms with van der Waals surface area (Å²) in [4.78, 5) is 12.0. The van der Waals surface area contributed by atoms with E-state index in [1.54, 1.807) is 48.4 Å². The number of nitrogens with one attached hydrogen (secondary N) is 1. The third-order valence-corrected chi connectivity index (χ3v) is 2.40. The van der Waals surface area contributed by atoms with E-state index in [1.165, 1.54) is 0 Å². The van der Waals surface area contributed by atoms with Gasteiger partial charge < -0.3 is 10.4 Å². The summed E-state index contributed by atoms with van der Waals surface area (Å²) >= 11 is 0. The van der Waals surface area contributed by atoms with E-state index in [-0.39, 0.29) is 12.5 Å². The van der Waals surface area contributed by atoms with Gasteiger partial charge in [-0.1, -0.05) is 17.9 Å². The van der Waals surface area contributed by atoms with Gasteiger partial charge in [-0.3, -0.25) is 9.48 Å². The molecule has 0 bridgehead atoms. The van der Waals surface area contributed by atoms with Gasteiger partial charge in [-0.15, -0.1) is 0 Å². The van der Waals surface area contributed by atoms with Crippen LogP contribution >= 0.6 is 0 Å². The SMILES string of the molecule is Cn1cc(NC(=O)c2cccc(C#CCO)c2)cn1. The molecular weight excluding hydrogens is 242 g/mol. The zero-order chi connectivity index (χ0) is 13.7. The molecule has 0 saturated heterocycles. The van der Waals surface area contributed by atoms with Crippen molar-refractivity contribution >= 4 is 11.6 Å². The molecule has 2 N–H and O–H groups in total. The van der Waals surface area contributed by atoms with Crippen molar-refractivity contribution in [2.75, 3.05) is 11.9 Å². The lowest BCUT2D eigenvalue weighted by Gasteiger charge is -2.02. The van der Waals surface area contributed by atoms with Gasteiger partial charge in [0.05, 0.1) is 11.9 Å². The molecule has 1 aromatic carbocycles. The van der Waals surface area contributed by atoms with Crippen LogP contribution in [0.3, 0.4) is 0 Å². The number of aromatic nitrogens is 2. The zero-order valence-corrected chi connectivity index (χ0v) is 10.4. The minimum atomic E-state index is -0.222. The van der Waals surface area contributed by atoms with Crippen molar-refractivity contribution in [1.82, 2.24) is 9.78 Å². The van der Waals surface area contributed by atoms with Gasteiger partial charge in [-0.25, -0.2) is 0 Å². The molecular formula is C14H13N3O2. The molecule has 0 fully saturated rings. The van der Waals surface area contributed by atoms with Crippen LogP contribution in [-0.4, -0.2) is 27.4 Å². The molecule has 19 heavy (non-hydrogen) atoms. The molecule has 0 aliphatic rings. The van der Waals surface area contributed by atoms with Gasteiger partial charge in [-0.2, -0.15) is 5.10 Å². The van der Waals surface area contributed by atoms with E-state index in [0.717, 1.165) is 0 Å². The Balaban J connectivity index is 2.15. The van der Waals surface area contributed by atoms with Crippen LogP contribution in [0.4, 0.5) is 5.69 Å². The van der Waals surface area contributed by atoms with Gasteiger partial charge >= 0.3 is 0 Å². The van der Waals surface area contributed by atoms with Crippen LogP contribution in [0.1, 0.15) is 15.9 Å². The lowest BCUT2D eigenvalue weighted by molar-refractivity contribution is 0.102. The number of carbonyl (C=O) groups is 1. The summed E-state index contributed by atoms with van der Waals surface area (Å²) in [5.41, 5.74) is 1.83. The first-order chi connectivity index (χ1) is 9.19. The van der Waals surface area contributed by atoms with Gasteiger partial charge in [0.15, 0.2) is 0 Å². The quantitative estimate of drug-likeness (QED) is 0.787. The molecule has 96 valence electrons. The Morgan fingerprint density at radius 3 is 3.05 bits per heavy atom. The smallest absolute Gasteiger partial charge is 0.255 e. The van der Waals surface area contributed by atoms with Crippen molar-refractivity contribution in [3.8, 4) is 11.8 Å². The number of aryl methyl sites for hydroxylation is 1. The van der Waals surface area contributed by atoms with E-state index in [4.69, 9.17) is 5.11 Å². The van der Waals surface area contributed by atoms with Crippen molar-refractivity contribution in [3.63, 3.8) is 0 Å². The average molecular weight is 255 g/mol. The Morgan fingerprint density at radius 2 is 2.37 bits per heavy atom. The summed E-state index contributed by atoms with van der Waals surface area (Å²) in [6.45, 7) is -0.202.